The highest BCUT2D eigenvalue weighted by Gasteiger charge is 2.29. The Bertz CT molecular complexity index is 1150. The Balaban J connectivity index is 0.00000231. The molecule has 5 rings (SSSR count). The van der Waals surface area contributed by atoms with Gasteiger partial charge in [0.2, 0.25) is 0 Å². The molecule has 3 aromatic rings. The van der Waals surface area contributed by atoms with E-state index in [2.05, 4.69) is 47.4 Å². The molecule has 0 radical (unpaired) electrons. The van der Waals surface area contributed by atoms with Crippen LogP contribution in [0.2, 0.25) is 0 Å². The molecular weight excluding hydrogens is 432 g/mol. The molecule has 1 saturated heterocycles. The molecule has 7 heteroatoms. The zero-order chi connectivity index (χ0) is 20.7. The van der Waals surface area contributed by atoms with Gasteiger partial charge in [-0.2, -0.15) is 0 Å². The summed E-state index contributed by atoms with van der Waals surface area (Å²) in [5.74, 6) is -0.0431. The molecule has 162 valence electrons. The number of rotatable bonds is 3. The molecule has 1 amide bonds. The van der Waals surface area contributed by atoms with Gasteiger partial charge in [-0.25, -0.2) is 0 Å². The second-order valence-electron chi connectivity index (χ2n) is 7.82. The Morgan fingerprint density at radius 2 is 1.61 bits per heavy atom. The Morgan fingerprint density at radius 3 is 2.42 bits per heavy atom. The van der Waals surface area contributed by atoms with Crippen LogP contribution < -0.4 is 0 Å². The van der Waals surface area contributed by atoms with Gasteiger partial charge in [-0.3, -0.25) is 18.8 Å². The number of amides is 1. The fourth-order valence-electron chi connectivity index (χ4n) is 4.35. The van der Waals surface area contributed by atoms with Gasteiger partial charge in [-0.05, 0) is 34.5 Å². The lowest BCUT2D eigenvalue weighted by atomic mass is 10.0. The van der Waals surface area contributed by atoms with Gasteiger partial charge in [-0.15, -0.1) is 23.0 Å². The first-order chi connectivity index (χ1) is 14.5. The van der Waals surface area contributed by atoms with E-state index in [0.29, 0.717) is 29.1 Å². The van der Waals surface area contributed by atoms with E-state index in [1.807, 2.05) is 4.90 Å². The first kappa shape index (κ1) is 21.9. The Labute approximate surface area is 189 Å². The van der Waals surface area contributed by atoms with Crippen LogP contribution in [0.3, 0.4) is 0 Å². The average molecular weight is 457 g/mol. The molecule has 0 aliphatic carbocycles. The van der Waals surface area contributed by atoms with Crippen LogP contribution in [-0.2, 0) is 6.54 Å². The number of piperazine rings is 1. The normalized spacial score (nSPS) is 18.5. The summed E-state index contributed by atoms with van der Waals surface area (Å²) in [6.07, 6.45) is 1.66. The number of nitrogens with zero attached hydrogens (tertiary/aromatic N) is 2. The van der Waals surface area contributed by atoms with Crippen molar-refractivity contribution in [1.29, 1.82) is 0 Å². The van der Waals surface area contributed by atoms with Crippen LogP contribution in [0.5, 0.6) is 0 Å². The van der Waals surface area contributed by atoms with Crippen molar-refractivity contribution in [2.75, 3.05) is 26.2 Å². The molecule has 5 nitrogen and oxygen atoms in total. The Kier molecular flexibility index (Phi) is 6.10. The van der Waals surface area contributed by atoms with Gasteiger partial charge in [0.25, 0.3) is 5.91 Å². The molecular formula is C24H25ClN2O3S. The monoisotopic (exact) mass is 456 g/mol. The van der Waals surface area contributed by atoms with Gasteiger partial charge in [0.15, 0.2) is 0 Å². The van der Waals surface area contributed by atoms with Gasteiger partial charge in [-0.1, -0.05) is 48.5 Å². The van der Waals surface area contributed by atoms with Gasteiger partial charge in [0.1, 0.15) is 0 Å². The zero-order valence-corrected chi connectivity index (χ0v) is 18.6. The maximum absolute atomic E-state index is 13.1. The zero-order valence-electron chi connectivity index (χ0n) is 17.0. The number of benzene rings is 3. The molecule has 0 spiro atoms. The van der Waals surface area contributed by atoms with Gasteiger partial charge >= 0.3 is 0 Å². The lowest BCUT2D eigenvalue weighted by molar-refractivity contribution is 0.0628. The van der Waals surface area contributed by atoms with Crippen LogP contribution in [0.25, 0.3) is 16.8 Å². The highest BCUT2D eigenvalue weighted by Crippen LogP contribution is 2.56. The number of hydrogen-bond acceptors (Lipinski definition) is 4. The van der Waals surface area contributed by atoms with Crippen LogP contribution in [0.15, 0.2) is 71.0 Å². The summed E-state index contributed by atoms with van der Waals surface area (Å²) in [6.45, 7) is 3.82. The maximum atomic E-state index is 13.1. The molecule has 0 unspecified atom stereocenters. The third-order valence-corrected chi connectivity index (χ3v) is 7.50. The van der Waals surface area contributed by atoms with Crippen LogP contribution in [0.4, 0.5) is 0 Å². The van der Waals surface area contributed by atoms with E-state index in [4.69, 9.17) is 0 Å². The van der Waals surface area contributed by atoms with E-state index in [1.165, 1.54) is 21.7 Å². The molecule has 0 atom stereocenters. The third-order valence-electron chi connectivity index (χ3n) is 5.98. The largest absolute Gasteiger partial charge is 0.336 e. The van der Waals surface area contributed by atoms with Crippen LogP contribution in [0.1, 0.15) is 21.5 Å². The van der Waals surface area contributed by atoms with Crippen LogP contribution in [0, 0.1) is 0 Å². The van der Waals surface area contributed by atoms with Crippen molar-refractivity contribution < 1.29 is 13.9 Å². The lowest BCUT2D eigenvalue weighted by Gasteiger charge is -2.35. The van der Waals surface area contributed by atoms with E-state index >= 15 is 0 Å². The minimum Gasteiger partial charge on any atom is -0.336 e. The number of hydrogen-bond donors (Lipinski definition) is 2. The van der Waals surface area contributed by atoms with Crippen molar-refractivity contribution in [3.63, 3.8) is 0 Å². The third kappa shape index (κ3) is 4.10. The van der Waals surface area contributed by atoms with Gasteiger partial charge < -0.3 is 4.90 Å². The Hall–Kier alpha value is -2.35. The average Bonchev–Trinajstić information content (AvgIpc) is 3.09. The summed E-state index contributed by atoms with van der Waals surface area (Å²) >= 11 is 0. The minimum absolute atomic E-state index is 0. The minimum atomic E-state index is -2.91. The summed E-state index contributed by atoms with van der Waals surface area (Å²) in [7, 11) is -2.91. The van der Waals surface area contributed by atoms with Crippen molar-refractivity contribution in [2.24, 2.45) is 0 Å². The second-order valence-corrected chi connectivity index (χ2v) is 9.72. The smallest absolute Gasteiger partial charge is 0.254 e. The highest BCUT2D eigenvalue weighted by atomic mass is 35.5. The fourth-order valence-corrected chi connectivity index (χ4v) is 5.60. The van der Waals surface area contributed by atoms with Crippen molar-refractivity contribution >= 4 is 45.8 Å². The summed E-state index contributed by atoms with van der Waals surface area (Å²) < 4.78 is 20.3. The molecule has 2 heterocycles. The molecule has 1 fully saturated rings. The molecule has 31 heavy (non-hydrogen) atoms. The molecule has 3 aromatic carbocycles. The standard InChI is InChI=1S/C24H24N2O3S.ClH/c27-24(22-9-4-10-23-21(22)11-16-30(23,28)29)26-14-12-25(13-15-26)17-19-7-3-6-18-5-1-2-8-20(18)19;/h1-11,16,28-29H,12-15,17H2;1H. The molecule has 0 aromatic heterocycles. The molecule has 2 aliphatic rings. The Morgan fingerprint density at radius 1 is 0.903 bits per heavy atom. The predicted molar refractivity (Wildman–Crippen MR) is 129 cm³/mol. The van der Waals surface area contributed by atoms with E-state index in [-0.39, 0.29) is 18.3 Å². The number of fused-ring (bicyclic) bond motifs is 2. The van der Waals surface area contributed by atoms with Crippen molar-refractivity contribution in [2.45, 2.75) is 11.4 Å². The van der Waals surface area contributed by atoms with E-state index in [1.54, 1.807) is 24.3 Å². The highest BCUT2D eigenvalue weighted by molar-refractivity contribution is 8.27. The number of carbonyl (C=O) groups is 1. The SMILES string of the molecule is Cl.O=C(c1cccc2c1C=CS2(O)O)N1CCN(Cc2cccc3ccccc23)CC1. The summed E-state index contributed by atoms with van der Waals surface area (Å²) in [4.78, 5) is 17.8. The summed E-state index contributed by atoms with van der Waals surface area (Å²) in [5.41, 5.74) is 2.49. The molecule has 0 bridgehead atoms. The van der Waals surface area contributed by atoms with Gasteiger partial charge in [0.05, 0.1) is 4.90 Å². The van der Waals surface area contributed by atoms with Gasteiger partial charge in [0, 0.05) is 49.3 Å². The summed E-state index contributed by atoms with van der Waals surface area (Å²) in [6, 6.07) is 20.0. The van der Waals surface area contributed by atoms with Crippen molar-refractivity contribution in [1.82, 2.24) is 9.80 Å². The van der Waals surface area contributed by atoms with Crippen LogP contribution >= 0.6 is 23.0 Å². The van der Waals surface area contributed by atoms with Crippen LogP contribution in [-0.4, -0.2) is 51.0 Å². The van der Waals surface area contributed by atoms with Crippen molar-refractivity contribution in [3.05, 3.63) is 82.8 Å². The van der Waals surface area contributed by atoms with Crippen molar-refractivity contribution in [3.8, 4) is 0 Å². The lowest BCUT2D eigenvalue weighted by Crippen LogP contribution is -2.48. The number of carbonyl (C=O) groups excluding carboxylic acids is 1. The first-order valence-corrected chi connectivity index (χ1v) is 11.7. The molecule has 2 N–H and O–H groups in total. The quantitative estimate of drug-likeness (QED) is 0.560. The predicted octanol–water partition coefficient (Wildman–Crippen LogP) is 5.31. The maximum Gasteiger partial charge on any atom is 0.254 e. The van der Waals surface area contributed by atoms with E-state index in [9.17, 15) is 13.9 Å². The topological polar surface area (TPSA) is 64.0 Å². The van der Waals surface area contributed by atoms with E-state index in [0.717, 1.165) is 19.6 Å². The molecule has 2 aliphatic heterocycles. The number of halogens is 1. The summed E-state index contributed by atoms with van der Waals surface area (Å²) in [5, 5.41) is 3.93. The fraction of sp³-hybridized carbons (Fsp3) is 0.208. The van der Waals surface area contributed by atoms with E-state index < -0.39 is 10.6 Å². The second kappa shape index (κ2) is 8.65. The molecule has 0 saturated carbocycles. The first-order valence-electron chi connectivity index (χ1n) is 10.1.